The summed E-state index contributed by atoms with van der Waals surface area (Å²) in [5.41, 5.74) is 0. The molecule has 0 aromatic heterocycles. The van der Waals surface area contributed by atoms with Crippen molar-refractivity contribution in [3.63, 3.8) is 0 Å². The third-order valence-electron chi connectivity index (χ3n) is 5.10. The molecule has 1 fully saturated rings. The molecule has 0 saturated carbocycles. The highest BCUT2D eigenvalue weighted by atomic mass is 16.8. The molecule has 0 aromatic rings. The number of carbonyl (C=O) groups excluding carboxylic acids is 1. The molecule has 0 aliphatic carbocycles. The van der Waals surface area contributed by atoms with E-state index < -0.39 is 6.16 Å². The number of rotatable bonds is 19. The Hall–Kier alpha value is -0.640. The molecule has 1 atom stereocenters. The van der Waals surface area contributed by atoms with E-state index in [-0.39, 0.29) is 6.10 Å². The van der Waals surface area contributed by atoms with Gasteiger partial charge in [0, 0.05) is 22.1 Å². The number of ether oxygens (including phenoxy) is 3. The van der Waals surface area contributed by atoms with Crippen molar-refractivity contribution in [3.8, 4) is 0 Å². The number of unbranched alkanes of at least 4 members (excludes halogenated alkanes) is 15. The fraction of sp³-hybridized carbons (Fsp3) is 0.955. The molecule has 4 radical (unpaired) electrons. The molecule has 0 N–H and O–H groups in total. The SMILES string of the molecule is CCCCCCCCCCCCCCCCCCOCC1COC(=O)O1.[B][B]. The Morgan fingerprint density at radius 2 is 1.21 bits per heavy atom. The first-order valence-electron chi connectivity index (χ1n) is 11.6. The van der Waals surface area contributed by atoms with Crippen LogP contribution >= 0.6 is 0 Å². The zero-order chi connectivity index (χ0) is 20.7. The van der Waals surface area contributed by atoms with Crippen molar-refractivity contribution in [1.29, 1.82) is 0 Å². The van der Waals surface area contributed by atoms with Gasteiger partial charge in [-0.25, -0.2) is 4.79 Å². The van der Waals surface area contributed by atoms with Gasteiger partial charge in [0.1, 0.15) is 6.61 Å². The van der Waals surface area contributed by atoms with Crippen molar-refractivity contribution in [3.05, 3.63) is 0 Å². The Bertz CT molecular complexity index is 330. The predicted molar refractivity (Wildman–Crippen MR) is 118 cm³/mol. The summed E-state index contributed by atoms with van der Waals surface area (Å²) in [7, 11) is 8.00. The summed E-state index contributed by atoms with van der Waals surface area (Å²) in [4.78, 5) is 10.7. The quantitative estimate of drug-likeness (QED) is 0.153. The normalized spacial score (nSPS) is 15.6. The van der Waals surface area contributed by atoms with Crippen molar-refractivity contribution < 1.29 is 19.0 Å². The average Bonchev–Trinajstić information content (AvgIpc) is 3.13. The smallest absolute Gasteiger partial charge is 0.430 e. The number of hydrogen-bond acceptors (Lipinski definition) is 4. The van der Waals surface area contributed by atoms with Crippen LogP contribution in [0.1, 0.15) is 110 Å². The van der Waals surface area contributed by atoms with Crippen LogP contribution in [0.4, 0.5) is 4.79 Å². The molecule has 6 heteroatoms. The largest absolute Gasteiger partial charge is 0.508 e. The fourth-order valence-corrected chi connectivity index (χ4v) is 3.41. The second kappa shape index (κ2) is 22.6. The molecular weight excluding hydrogens is 350 g/mol. The summed E-state index contributed by atoms with van der Waals surface area (Å²) in [5, 5.41) is 0. The van der Waals surface area contributed by atoms with Crippen LogP contribution in [0.15, 0.2) is 0 Å². The summed E-state index contributed by atoms with van der Waals surface area (Å²) in [6, 6.07) is 0. The van der Waals surface area contributed by atoms with Crippen molar-refractivity contribution in [1.82, 2.24) is 0 Å². The maximum Gasteiger partial charge on any atom is 0.508 e. The topological polar surface area (TPSA) is 44.8 Å². The van der Waals surface area contributed by atoms with Gasteiger partial charge in [-0.2, -0.15) is 0 Å². The molecule has 160 valence electrons. The molecule has 0 bridgehead atoms. The molecule has 1 heterocycles. The maximum absolute atomic E-state index is 10.7. The minimum atomic E-state index is -0.569. The van der Waals surface area contributed by atoms with Crippen molar-refractivity contribution in [2.45, 2.75) is 116 Å². The van der Waals surface area contributed by atoms with E-state index >= 15 is 0 Å². The van der Waals surface area contributed by atoms with Gasteiger partial charge in [0.15, 0.2) is 6.10 Å². The minimum absolute atomic E-state index is 0.205. The Kier molecular flexibility index (Phi) is 22.1. The van der Waals surface area contributed by atoms with E-state index in [0.717, 1.165) is 13.0 Å². The summed E-state index contributed by atoms with van der Waals surface area (Å²) >= 11 is 0. The lowest BCUT2D eigenvalue weighted by Crippen LogP contribution is -2.18. The van der Waals surface area contributed by atoms with E-state index in [0.29, 0.717) is 13.2 Å². The zero-order valence-electron chi connectivity index (χ0n) is 18.3. The number of carbonyl (C=O) groups is 1. The molecule has 0 spiro atoms. The first-order valence-corrected chi connectivity index (χ1v) is 11.6. The highest BCUT2D eigenvalue weighted by molar-refractivity contribution is 6.75. The summed E-state index contributed by atoms with van der Waals surface area (Å²) in [6.45, 7) is 3.83. The molecule has 28 heavy (non-hydrogen) atoms. The third kappa shape index (κ3) is 18.7. The zero-order valence-corrected chi connectivity index (χ0v) is 18.3. The third-order valence-corrected chi connectivity index (χ3v) is 5.10. The lowest BCUT2D eigenvalue weighted by molar-refractivity contribution is 0.0443. The highest BCUT2D eigenvalue weighted by Crippen LogP contribution is 2.14. The van der Waals surface area contributed by atoms with Gasteiger partial charge in [0.2, 0.25) is 0 Å². The maximum atomic E-state index is 10.7. The number of hydrogen-bond donors (Lipinski definition) is 0. The van der Waals surface area contributed by atoms with Gasteiger partial charge in [0.05, 0.1) is 6.61 Å². The average molecular weight is 392 g/mol. The minimum Gasteiger partial charge on any atom is -0.430 e. The molecule has 0 amide bonds. The monoisotopic (exact) mass is 392 g/mol. The Morgan fingerprint density at radius 3 is 1.61 bits per heavy atom. The van der Waals surface area contributed by atoms with Crippen LogP contribution in [0, 0.1) is 0 Å². The van der Waals surface area contributed by atoms with Crippen LogP contribution in [0.5, 0.6) is 0 Å². The molecule has 0 aromatic carbocycles. The van der Waals surface area contributed by atoms with Gasteiger partial charge >= 0.3 is 6.16 Å². The molecule has 1 saturated heterocycles. The second-order valence-corrected chi connectivity index (χ2v) is 7.68. The van der Waals surface area contributed by atoms with Gasteiger partial charge < -0.3 is 14.2 Å². The summed E-state index contributed by atoms with van der Waals surface area (Å²) in [6.07, 6.45) is 21.3. The van der Waals surface area contributed by atoms with E-state index in [2.05, 4.69) is 22.4 Å². The van der Waals surface area contributed by atoms with Crippen LogP contribution < -0.4 is 0 Å². The van der Waals surface area contributed by atoms with Crippen LogP contribution in [-0.4, -0.2) is 47.6 Å². The lowest BCUT2D eigenvalue weighted by Gasteiger charge is -2.07. The van der Waals surface area contributed by atoms with Crippen LogP contribution in [0.2, 0.25) is 0 Å². The lowest BCUT2D eigenvalue weighted by atomic mass is 9.81. The second-order valence-electron chi connectivity index (χ2n) is 7.68. The van der Waals surface area contributed by atoms with E-state index in [1.807, 2.05) is 0 Å². The van der Waals surface area contributed by atoms with Crippen LogP contribution in [0.25, 0.3) is 0 Å². The molecule has 1 rings (SSSR count). The van der Waals surface area contributed by atoms with E-state index in [4.69, 9.17) is 14.2 Å². The van der Waals surface area contributed by atoms with E-state index in [1.165, 1.54) is 96.3 Å². The molecule has 1 aliphatic rings. The predicted octanol–water partition coefficient (Wildman–Crippen LogP) is 6.04. The standard InChI is InChI=1S/C22H42O4.B2/c1-2-3-4-5-6-7-8-9-10-11-12-13-14-15-16-17-18-24-19-21-20-25-22(23)26-21;1-2/h21H,2-20H2,1H3;. The van der Waals surface area contributed by atoms with Crippen LogP contribution in [0.3, 0.4) is 0 Å². The first kappa shape index (κ1) is 27.4. The first-order chi connectivity index (χ1) is 13.8. The summed E-state index contributed by atoms with van der Waals surface area (Å²) < 4.78 is 15.1. The fourth-order valence-electron chi connectivity index (χ4n) is 3.41. The molecule has 1 unspecified atom stereocenters. The van der Waals surface area contributed by atoms with E-state index in [1.54, 1.807) is 0 Å². The van der Waals surface area contributed by atoms with Crippen molar-refractivity contribution in [2.75, 3.05) is 19.8 Å². The Labute approximate surface area is 176 Å². The Balaban J connectivity index is 0.00000352. The van der Waals surface area contributed by atoms with Gasteiger partial charge in [-0.1, -0.05) is 103 Å². The van der Waals surface area contributed by atoms with Gasteiger partial charge in [-0.05, 0) is 6.42 Å². The van der Waals surface area contributed by atoms with E-state index in [9.17, 15) is 4.79 Å². The van der Waals surface area contributed by atoms with Crippen molar-refractivity contribution >= 4 is 21.6 Å². The molecular formula is C22H42B2O4. The van der Waals surface area contributed by atoms with Gasteiger partial charge in [-0.15, -0.1) is 0 Å². The summed E-state index contributed by atoms with van der Waals surface area (Å²) in [5.74, 6) is 0. The Morgan fingerprint density at radius 1 is 0.786 bits per heavy atom. The van der Waals surface area contributed by atoms with Crippen molar-refractivity contribution in [2.24, 2.45) is 0 Å². The number of cyclic esters (lactones) is 2. The highest BCUT2D eigenvalue weighted by Gasteiger charge is 2.24. The van der Waals surface area contributed by atoms with Gasteiger partial charge in [0.25, 0.3) is 0 Å². The van der Waals surface area contributed by atoms with Gasteiger partial charge in [-0.3, -0.25) is 0 Å². The molecule has 4 nitrogen and oxygen atoms in total. The molecule has 1 aliphatic heterocycles. The van der Waals surface area contributed by atoms with Crippen LogP contribution in [-0.2, 0) is 14.2 Å².